The second-order valence-electron chi connectivity index (χ2n) is 6.66. The Kier molecular flexibility index (Phi) is 6.49. The third kappa shape index (κ3) is 5.32. The minimum Gasteiger partial charge on any atom is -0.355 e. The summed E-state index contributed by atoms with van der Waals surface area (Å²) in [5.74, 6) is 1.37. The summed E-state index contributed by atoms with van der Waals surface area (Å²) in [5, 5.41) is 7.96. The number of benzene rings is 1. The molecule has 7 nitrogen and oxygen atoms in total. The predicted molar refractivity (Wildman–Crippen MR) is 105 cm³/mol. The van der Waals surface area contributed by atoms with Crippen LogP contribution < -0.4 is 5.32 Å². The predicted octanol–water partition coefficient (Wildman–Crippen LogP) is 2.22. The number of hydrogen-bond donors (Lipinski definition) is 1. The summed E-state index contributed by atoms with van der Waals surface area (Å²) in [4.78, 5) is 30.1. The first-order valence-corrected chi connectivity index (χ1v) is 10.2. The minimum absolute atomic E-state index is 0.0681. The Balaban J connectivity index is 1.59. The van der Waals surface area contributed by atoms with E-state index in [0.29, 0.717) is 17.6 Å². The summed E-state index contributed by atoms with van der Waals surface area (Å²) >= 11 is 1.31. The Morgan fingerprint density at radius 3 is 2.70 bits per heavy atom. The highest BCUT2D eigenvalue weighted by Gasteiger charge is 2.30. The van der Waals surface area contributed by atoms with Gasteiger partial charge in [-0.2, -0.15) is 0 Å². The quantitative estimate of drug-likeness (QED) is 0.668. The second kappa shape index (κ2) is 9.03. The fourth-order valence-electron chi connectivity index (χ4n) is 2.59. The van der Waals surface area contributed by atoms with Crippen molar-refractivity contribution in [1.29, 1.82) is 0 Å². The molecule has 2 amide bonds. The number of likely N-dealkylation sites (N-methyl/N-ethyl adjacent to an activating group) is 1. The molecule has 8 heteroatoms. The Hall–Kier alpha value is -2.35. The van der Waals surface area contributed by atoms with Crippen molar-refractivity contribution in [2.75, 3.05) is 25.9 Å². The molecule has 1 heterocycles. The largest absolute Gasteiger partial charge is 0.355 e. The molecule has 27 heavy (non-hydrogen) atoms. The maximum atomic E-state index is 12.3. The van der Waals surface area contributed by atoms with Gasteiger partial charge in [-0.05, 0) is 31.4 Å². The molecule has 1 aliphatic carbocycles. The molecular weight excluding hydrogens is 362 g/mol. The van der Waals surface area contributed by atoms with Crippen molar-refractivity contribution in [2.24, 2.45) is 0 Å². The van der Waals surface area contributed by atoms with Gasteiger partial charge in [0.2, 0.25) is 17.0 Å². The summed E-state index contributed by atoms with van der Waals surface area (Å²) in [6.07, 6.45) is 3.13. The average Bonchev–Trinajstić information content (AvgIpc) is 3.44. The number of nitrogens with one attached hydrogen (secondary N) is 1. The van der Waals surface area contributed by atoms with Gasteiger partial charge >= 0.3 is 0 Å². The van der Waals surface area contributed by atoms with E-state index in [2.05, 4.69) is 15.4 Å². The Labute approximate surface area is 163 Å². The van der Waals surface area contributed by atoms with Crippen LogP contribution in [0.1, 0.15) is 37.9 Å². The van der Waals surface area contributed by atoms with E-state index in [-0.39, 0.29) is 24.1 Å². The first-order chi connectivity index (χ1) is 13.1. The van der Waals surface area contributed by atoms with E-state index >= 15 is 0 Å². The summed E-state index contributed by atoms with van der Waals surface area (Å²) in [6, 6.07) is 9.93. The van der Waals surface area contributed by atoms with Crippen molar-refractivity contribution in [3.05, 3.63) is 36.2 Å². The van der Waals surface area contributed by atoms with Gasteiger partial charge in [-0.15, -0.1) is 5.10 Å². The third-order valence-electron chi connectivity index (χ3n) is 4.26. The van der Waals surface area contributed by atoms with Gasteiger partial charge in [0.25, 0.3) is 0 Å². The zero-order valence-corrected chi connectivity index (χ0v) is 16.5. The van der Waals surface area contributed by atoms with Gasteiger partial charge in [-0.3, -0.25) is 9.59 Å². The van der Waals surface area contributed by atoms with E-state index in [1.54, 1.807) is 7.05 Å². The van der Waals surface area contributed by atoms with Crippen molar-refractivity contribution in [3.8, 4) is 5.69 Å². The molecule has 0 aliphatic heterocycles. The van der Waals surface area contributed by atoms with Crippen molar-refractivity contribution < 1.29 is 9.59 Å². The molecule has 1 saturated carbocycles. The van der Waals surface area contributed by atoms with Crippen molar-refractivity contribution in [3.63, 3.8) is 0 Å². The van der Waals surface area contributed by atoms with Gasteiger partial charge in [0, 0.05) is 19.5 Å². The monoisotopic (exact) mass is 387 g/mol. The molecule has 0 spiro atoms. The van der Waals surface area contributed by atoms with E-state index < -0.39 is 0 Å². The molecule has 0 bridgehead atoms. The molecule has 1 aliphatic rings. The molecule has 1 fully saturated rings. The minimum atomic E-state index is -0.139. The highest BCUT2D eigenvalue weighted by atomic mass is 32.2. The summed E-state index contributed by atoms with van der Waals surface area (Å²) in [7, 11) is 1.64. The Morgan fingerprint density at radius 1 is 1.30 bits per heavy atom. The first kappa shape index (κ1) is 19.4. The molecule has 0 atom stereocenters. The lowest BCUT2D eigenvalue weighted by atomic mass is 10.3. The van der Waals surface area contributed by atoms with Gasteiger partial charge in [0.1, 0.15) is 5.82 Å². The SMILES string of the molecule is CCCNC(=O)CN(C)C(=O)CSc1nc(C2CC2)n(-c2ccccc2)n1. The highest BCUT2D eigenvalue weighted by molar-refractivity contribution is 7.99. The van der Waals surface area contributed by atoms with Crippen LogP contribution in [-0.4, -0.2) is 57.4 Å². The maximum Gasteiger partial charge on any atom is 0.239 e. The zero-order chi connectivity index (χ0) is 19.2. The number of carbonyl (C=O) groups excluding carboxylic acids is 2. The summed E-state index contributed by atoms with van der Waals surface area (Å²) in [6.45, 7) is 2.68. The van der Waals surface area contributed by atoms with E-state index in [9.17, 15) is 9.59 Å². The van der Waals surface area contributed by atoms with Gasteiger partial charge in [-0.1, -0.05) is 36.9 Å². The van der Waals surface area contributed by atoms with Crippen LogP contribution in [0.5, 0.6) is 0 Å². The summed E-state index contributed by atoms with van der Waals surface area (Å²) in [5.41, 5.74) is 0.981. The number of rotatable bonds is 9. The van der Waals surface area contributed by atoms with Crippen LogP contribution in [0.15, 0.2) is 35.5 Å². The lowest BCUT2D eigenvalue weighted by Gasteiger charge is -2.16. The number of aromatic nitrogens is 3. The Morgan fingerprint density at radius 2 is 2.04 bits per heavy atom. The number of thioether (sulfide) groups is 1. The van der Waals surface area contributed by atoms with Crippen molar-refractivity contribution in [2.45, 2.75) is 37.3 Å². The summed E-state index contributed by atoms with van der Waals surface area (Å²) < 4.78 is 1.88. The average molecular weight is 388 g/mol. The molecular formula is C19H25N5O2S. The van der Waals surface area contributed by atoms with E-state index in [4.69, 9.17) is 0 Å². The Bertz CT molecular complexity index is 789. The molecule has 0 saturated heterocycles. The first-order valence-electron chi connectivity index (χ1n) is 9.24. The number of amides is 2. The maximum absolute atomic E-state index is 12.3. The van der Waals surface area contributed by atoms with Crippen LogP contribution in [0.25, 0.3) is 5.69 Å². The van der Waals surface area contributed by atoms with E-state index in [1.807, 2.05) is 41.9 Å². The van der Waals surface area contributed by atoms with Crippen LogP contribution in [0.2, 0.25) is 0 Å². The smallest absolute Gasteiger partial charge is 0.239 e. The second-order valence-corrected chi connectivity index (χ2v) is 7.61. The normalized spacial score (nSPS) is 13.4. The van der Waals surface area contributed by atoms with Crippen molar-refractivity contribution >= 4 is 23.6 Å². The van der Waals surface area contributed by atoms with Gasteiger partial charge in [-0.25, -0.2) is 9.67 Å². The molecule has 144 valence electrons. The van der Waals surface area contributed by atoms with Crippen LogP contribution in [0.3, 0.4) is 0 Å². The van der Waals surface area contributed by atoms with Crippen LogP contribution in [-0.2, 0) is 9.59 Å². The topological polar surface area (TPSA) is 80.1 Å². The van der Waals surface area contributed by atoms with E-state index in [0.717, 1.165) is 30.8 Å². The standard InChI is InChI=1S/C19H25N5O2S/c1-3-11-20-16(25)12-23(2)17(26)13-27-19-21-18(14-9-10-14)24(22-19)15-7-5-4-6-8-15/h4-8,14H,3,9-13H2,1-2H3,(H,20,25). The van der Waals surface area contributed by atoms with Gasteiger partial charge in [0.05, 0.1) is 18.0 Å². The van der Waals surface area contributed by atoms with E-state index in [1.165, 1.54) is 16.7 Å². The number of nitrogens with zero attached hydrogens (tertiary/aromatic N) is 4. The number of hydrogen-bond acceptors (Lipinski definition) is 5. The molecule has 0 radical (unpaired) electrons. The molecule has 3 rings (SSSR count). The van der Waals surface area contributed by atoms with Gasteiger partial charge in [0.15, 0.2) is 0 Å². The molecule has 0 unspecified atom stereocenters. The molecule has 1 aromatic heterocycles. The van der Waals surface area contributed by atoms with Crippen LogP contribution in [0.4, 0.5) is 0 Å². The third-order valence-corrected chi connectivity index (χ3v) is 5.08. The van der Waals surface area contributed by atoms with Crippen LogP contribution >= 0.6 is 11.8 Å². The van der Waals surface area contributed by atoms with Crippen molar-refractivity contribution in [1.82, 2.24) is 25.0 Å². The number of carbonyl (C=O) groups is 2. The lowest BCUT2D eigenvalue weighted by Crippen LogP contribution is -2.39. The number of para-hydroxylation sites is 1. The lowest BCUT2D eigenvalue weighted by molar-refractivity contribution is -0.132. The molecule has 1 N–H and O–H groups in total. The molecule has 1 aromatic carbocycles. The van der Waals surface area contributed by atoms with Gasteiger partial charge < -0.3 is 10.2 Å². The molecule has 2 aromatic rings. The fourth-order valence-corrected chi connectivity index (χ4v) is 3.36. The zero-order valence-electron chi connectivity index (χ0n) is 15.7. The fraction of sp³-hybridized carbons (Fsp3) is 0.474. The van der Waals surface area contributed by atoms with Crippen LogP contribution in [0, 0.1) is 0 Å². The highest BCUT2D eigenvalue weighted by Crippen LogP contribution is 2.40.